The molecule has 0 saturated carbocycles. The van der Waals surface area contributed by atoms with Gasteiger partial charge in [0, 0.05) is 6.07 Å². The standard InChI is InChI=1S/C10H15N3O/c1-10(2,8-11)4-6-12-7-9-3-5-13-14-9/h3,5,12H,4,6-7H2,1-2H3. The number of hydrogen-bond donors (Lipinski definition) is 1. The van der Waals surface area contributed by atoms with Crippen molar-refractivity contribution in [3.8, 4) is 6.07 Å². The lowest BCUT2D eigenvalue weighted by molar-refractivity contribution is 0.364. The molecule has 0 aliphatic rings. The quantitative estimate of drug-likeness (QED) is 0.723. The molecule has 0 bridgehead atoms. The Morgan fingerprint density at radius 2 is 2.43 bits per heavy atom. The van der Waals surface area contributed by atoms with Crippen LogP contribution in [0.15, 0.2) is 16.8 Å². The molecule has 0 fully saturated rings. The zero-order valence-electron chi connectivity index (χ0n) is 8.58. The first-order valence-electron chi connectivity index (χ1n) is 4.65. The van der Waals surface area contributed by atoms with Gasteiger partial charge in [-0.1, -0.05) is 5.16 Å². The van der Waals surface area contributed by atoms with Crippen molar-refractivity contribution in [2.75, 3.05) is 6.54 Å². The first kappa shape index (κ1) is 10.7. The van der Waals surface area contributed by atoms with Gasteiger partial charge in [0.05, 0.1) is 24.2 Å². The third kappa shape index (κ3) is 3.58. The summed E-state index contributed by atoms with van der Waals surface area (Å²) in [6, 6.07) is 4.08. The van der Waals surface area contributed by atoms with Crippen LogP contribution in [0.3, 0.4) is 0 Å². The van der Waals surface area contributed by atoms with E-state index < -0.39 is 0 Å². The summed E-state index contributed by atoms with van der Waals surface area (Å²) in [5.41, 5.74) is -0.256. The summed E-state index contributed by atoms with van der Waals surface area (Å²) in [5.74, 6) is 0.819. The predicted octanol–water partition coefficient (Wildman–Crippen LogP) is 1.70. The van der Waals surface area contributed by atoms with Gasteiger partial charge in [0.15, 0.2) is 0 Å². The van der Waals surface area contributed by atoms with E-state index >= 15 is 0 Å². The van der Waals surface area contributed by atoms with Crippen LogP contribution >= 0.6 is 0 Å². The maximum atomic E-state index is 8.77. The maximum Gasteiger partial charge on any atom is 0.150 e. The minimum Gasteiger partial charge on any atom is -0.360 e. The molecule has 0 atom stereocenters. The van der Waals surface area contributed by atoms with E-state index in [9.17, 15) is 0 Å². The highest BCUT2D eigenvalue weighted by atomic mass is 16.5. The molecule has 0 saturated heterocycles. The molecule has 0 unspecified atom stereocenters. The summed E-state index contributed by atoms with van der Waals surface area (Å²) in [6.07, 6.45) is 2.45. The van der Waals surface area contributed by atoms with Gasteiger partial charge in [-0.2, -0.15) is 5.26 Å². The van der Waals surface area contributed by atoms with Gasteiger partial charge in [0.1, 0.15) is 5.76 Å². The average molecular weight is 193 g/mol. The van der Waals surface area contributed by atoms with Gasteiger partial charge in [-0.15, -0.1) is 0 Å². The highest BCUT2D eigenvalue weighted by molar-refractivity contribution is 4.94. The molecule has 0 aromatic carbocycles. The molecule has 1 rings (SSSR count). The van der Waals surface area contributed by atoms with Crippen molar-refractivity contribution < 1.29 is 4.52 Å². The SMILES string of the molecule is CC(C)(C#N)CCNCc1ccno1. The minimum absolute atomic E-state index is 0.256. The summed E-state index contributed by atoms with van der Waals surface area (Å²) in [5, 5.41) is 15.6. The van der Waals surface area contributed by atoms with Gasteiger partial charge >= 0.3 is 0 Å². The topological polar surface area (TPSA) is 61.9 Å². The highest BCUT2D eigenvalue weighted by Gasteiger charge is 2.15. The Balaban J connectivity index is 2.15. The van der Waals surface area contributed by atoms with Crippen molar-refractivity contribution in [3.63, 3.8) is 0 Å². The zero-order chi connectivity index (χ0) is 10.4. The first-order valence-corrected chi connectivity index (χ1v) is 4.65. The average Bonchev–Trinajstić information content (AvgIpc) is 2.65. The highest BCUT2D eigenvalue weighted by Crippen LogP contribution is 2.17. The van der Waals surface area contributed by atoms with E-state index in [2.05, 4.69) is 16.5 Å². The van der Waals surface area contributed by atoms with Crippen molar-refractivity contribution >= 4 is 0 Å². The Kier molecular flexibility index (Phi) is 3.66. The van der Waals surface area contributed by atoms with Gasteiger partial charge in [0.2, 0.25) is 0 Å². The molecule has 0 aliphatic heterocycles. The third-order valence-electron chi connectivity index (χ3n) is 2.02. The molecular weight excluding hydrogens is 178 g/mol. The van der Waals surface area contributed by atoms with Gasteiger partial charge in [-0.05, 0) is 26.8 Å². The number of nitrogens with zero attached hydrogens (tertiary/aromatic N) is 2. The van der Waals surface area contributed by atoms with Crippen LogP contribution in [-0.4, -0.2) is 11.7 Å². The van der Waals surface area contributed by atoms with Crippen LogP contribution in [0, 0.1) is 16.7 Å². The molecule has 1 aromatic rings. The summed E-state index contributed by atoms with van der Waals surface area (Å²) < 4.78 is 4.91. The van der Waals surface area contributed by atoms with E-state index in [1.54, 1.807) is 6.20 Å². The number of aromatic nitrogens is 1. The normalized spacial score (nSPS) is 11.2. The van der Waals surface area contributed by atoms with Crippen LogP contribution in [-0.2, 0) is 6.54 Å². The fourth-order valence-corrected chi connectivity index (χ4v) is 1.00. The van der Waals surface area contributed by atoms with Crippen LogP contribution in [0.2, 0.25) is 0 Å². The van der Waals surface area contributed by atoms with Gasteiger partial charge in [-0.25, -0.2) is 0 Å². The maximum absolute atomic E-state index is 8.77. The zero-order valence-corrected chi connectivity index (χ0v) is 8.58. The van der Waals surface area contributed by atoms with Crippen molar-refractivity contribution in [1.29, 1.82) is 5.26 Å². The lowest BCUT2D eigenvalue weighted by Crippen LogP contribution is -2.20. The van der Waals surface area contributed by atoms with E-state index in [1.165, 1.54) is 0 Å². The van der Waals surface area contributed by atoms with Gasteiger partial charge < -0.3 is 9.84 Å². The van der Waals surface area contributed by atoms with Gasteiger partial charge in [-0.3, -0.25) is 0 Å². The molecule has 76 valence electrons. The molecule has 4 nitrogen and oxygen atoms in total. The van der Waals surface area contributed by atoms with E-state index in [-0.39, 0.29) is 5.41 Å². The van der Waals surface area contributed by atoms with Gasteiger partial charge in [0.25, 0.3) is 0 Å². The summed E-state index contributed by atoms with van der Waals surface area (Å²) in [6.45, 7) is 5.34. The largest absolute Gasteiger partial charge is 0.360 e. The lowest BCUT2D eigenvalue weighted by Gasteiger charge is -2.14. The Morgan fingerprint density at radius 1 is 1.64 bits per heavy atom. The number of nitrogens with one attached hydrogen (secondary N) is 1. The number of hydrogen-bond acceptors (Lipinski definition) is 4. The first-order chi connectivity index (χ1) is 6.64. The van der Waals surface area contributed by atoms with Crippen LogP contribution in [0.25, 0.3) is 0 Å². The summed E-state index contributed by atoms with van der Waals surface area (Å²) in [4.78, 5) is 0. The second-order valence-corrected chi connectivity index (χ2v) is 3.90. The Morgan fingerprint density at radius 3 is 3.00 bits per heavy atom. The van der Waals surface area contributed by atoms with Crippen LogP contribution < -0.4 is 5.32 Å². The molecule has 0 spiro atoms. The number of nitriles is 1. The Labute approximate surface area is 83.9 Å². The van der Waals surface area contributed by atoms with E-state index in [4.69, 9.17) is 9.78 Å². The second-order valence-electron chi connectivity index (χ2n) is 3.90. The van der Waals surface area contributed by atoms with Crippen LogP contribution in [0.4, 0.5) is 0 Å². The molecule has 14 heavy (non-hydrogen) atoms. The molecular formula is C10H15N3O. The van der Waals surface area contributed by atoms with Crippen molar-refractivity contribution in [1.82, 2.24) is 10.5 Å². The lowest BCUT2D eigenvalue weighted by atomic mass is 9.91. The molecule has 1 heterocycles. The van der Waals surface area contributed by atoms with Crippen molar-refractivity contribution in [2.24, 2.45) is 5.41 Å². The van der Waals surface area contributed by atoms with E-state index in [0.29, 0.717) is 6.54 Å². The molecule has 0 amide bonds. The Bertz CT molecular complexity index is 298. The molecule has 1 aromatic heterocycles. The summed E-state index contributed by atoms with van der Waals surface area (Å²) >= 11 is 0. The summed E-state index contributed by atoms with van der Waals surface area (Å²) in [7, 11) is 0. The van der Waals surface area contributed by atoms with Crippen molar-refractivity contribution in [2.45, 2.75) is 26.8 Å². The van der Waals surface area contributed by atoms with Crippen molar-refractivity contribution in [3.05, 3.63) is 18.0 Å². The predicted molar refractivity (Wildman–Crippen MR) is 52.2 cm³/mol. The molecule has 0 aliphatic carbocycles. The third-order valence-corrected chi connectivity index (χ3v) is 2.02. The fourth-order valence-electron chi connectivity index (χ4n) is 1.00. The number of rotatable bonds is 5. The van der Waals surface area contributed by atoms with Crippen LogP contribution in [0.5, 0.6) is 0 Å². The second kappa shape index (κ2) is 4.77. The molecule has 4 heteroatoms. The smallest absolute Gasteiger partial charge is 0.150 e. The van der Waals surface area contributed by atoms with E-state index in [0.717, 1.165) is 18.7 Å². The fraction of sp³-hybridized carbons (Fsp3) is 0.600. The monoisotopic (exact) mass is 193 g/mol. The Hall–Kier alpha value is -1.34. The molecule has 1 N–H and O–H groups in total. The minimum atomic E-state index is -0.256. The van der Waals surface area contributed by atoms with Crippen LogP contribution in [0.1, 0.15) is 26.0 Å². The van der Waals surface area contributed by atoms with E-state index in [1.807, 2.05) is 19.9 Å². The molecule has 0 radical (unpaired) electrons.